The zero-order valence-electron chi connectivity index (χ0n) is 9.58. The van der Waals surface area contributed by atoms with Gasteiger partial charge in [0.15, 0.2) is 5.82 Å². The molecule has 0 aliphatic rings. The van der Waals surface area contributed by atoms with E-state index in [1.54, 1.807) is 22.9 Å². The zero-order valence-corrected chi connectivity index (χ0v) is 9.58. The Bertz CT molecular complexity index is 562. The molecule has 0 bridgehead atoms. The molecule has 0 aliphatic heterocycles. The Morgan fingerprint density at radius 3 is 2.88 bits per heavy atom. The zero-order chi connectivity index (χ0) is 12.4. The van der Waals surface area contributed by atoms with Crippen LogP contribution in [0.1, 0.15) is 28.7 Å². The third-order valence-corrected chi connectivity index (χ3v) is 2.53. The maximum atomic E-state index is 10.9. The molecule has 6 heteroatoms. The number of rotatable bonds is 3. The highest BCUT2D eigenvalue weighted by atomic mass is 16.4. The molecule has 0 radical (unpaired) electrons. The highest BCUT2D eigenvalue weighted by Gasteiger charge is 2.11. The first-order chi connectivity index (χ1) is 8.13. The summed E-state index contributed by atoms with van der Waals surface area (Å²) < 4.78 is 1.57. The largest absolute Gasteiger partial charge is 0.478 e. The SMILES string of the molecule is CCc1nnnn1-c1cc(C(=O)O)ccc1C. The highest BCUT2D eigenvalue weighted by Crippen LogP contribution is 2.16. The molecule has 1 N–H and O–H groups in total. The molecule has 6 nitrogen and oxygen atoms in total. The maximum Gasteiger partial charge on any atom is 0.335 e. The normalized spacial score (nSPS) is 10.5. The lowest BCUT2D eigenvalue weighted by Crippen LogP contribution is -2.06. The van der Waals surface area contributed by atoms with Crippen LogP contribution in [0.3, 0.4) is 0 Å². The summed E-state index contributed by atoms with van der Waals surface area (Å²) in [7, 11) is 0. The van der Waals surface area contributed by atoms with Crippen LogP contribution < -0.4 is 0 Å². The fourth-order valence-corrected chi connectivity index (χ4v) is 1.58. The van der Waals surface area contributed by atoms with Crippen LogP contribution in [0.15, 0.2) is 18.2 Å². The summed E-state index contributed by atoms with van der Waals surface area (Å²) >= 11 is 0. The minimum atomic E-state index is -0.961. The van der Waals surface area contributed by atoms with Gasteiger partial charge in [0, 0.05) is 6.42 Å². The molecule has 1 aromatic heterocycles. The van der Waals surface area contributed by atoms with Crippen molar-refractivity contribution in [2.24, 2.45) is 0 Å². The van der Waals surface area contributed by atoms with Crippen LogP contribution in [0, 0.1) is 6.92 Å². The fourth-order valence-electron chi connectivity index (χ4n) is 1.58. The fraction of sp³-hybridized carbons (Fsp3) is 0.273. The summed E-state index contributed by atoms with van der Waals surface area (Å²) in [5.41, 5.74) is 1.85. The summed E-state index contributed by atoms with van der Waals surface area (Å²) in [4.78, 5) is 10.9. The first-order valence-corrected chi connectivity index (χ1v) is 5.25. The smallest absolute Gasteiger partial charge is 0.335 e. The first kappa shape index (κ1) is 11.3. The van der Waals surface area contributed by atoms with E-state index in [-0.39, 0.29) is 5.56 Å². The summed E-state index contributed by atoms with van der Waals surface area (Å²) in [6, 6.07) is 4.89. The van der Waals surface area contributed by atoms with Gasteiger partial charge >= 0.3 is 5.97 Å². The van der Waals surface area contributed by atoms with E-state index in [0.29, 0.717) is 17.9 Å². The minimum absolute atomic E-state index is 0.225. The number of carboxylic acids is 1. The summed E-state index contributed by atoms with van der Waals surface area (Å²) in [5.74, 6) is -0.256. The molecule has 0 saturated carbocycles. The number of tetrazole rings is 1. The highest BCUT2D eigenvalue weighted by molar-refractivity contribution is 5.88. The number of carboxylic acid groups (broad SMARTS) is 1. The Morgan fingerprint density at radius 2 is 2.24 bits per heavy atom. The topological polar surface area (TPSA) is 80.9 Å². The Kier molecular flexibility index (Phi) is 2.86. The van der Waals surface area contributed by atoms with Crippen molar-refractivity contribution in [1.29, 1.82) is 0 Å². The maximum absolute atomic E-state index is 10.9. The molecule has 17 heavy (non-hydrogen) atoms. The lowest BCUT2D eigenvalue weighted by molar-refractivity contribution is 0.0697. The molecule has 88 valence electrons. The summed E-state index contributed by atoms with van der Waals surface area (Å²) in [6.07, 6.45) is 0.684. The minimum Gasteiger partial charge on any atom is -0.478 e. The average molecular weight is 232 g/mol. The van der Waals surface area contributed by atoms with Crippen molar-refractivity contribution < 1.29 is 9.90 Å². The van der Waals surface area contributed by atoms with E-state index < -0.39 is 5.97 Å². The number of hydrogen-bond donors (Lipinski definition) is 1. The van der Waals surface area contributed by atoms with Crippen LogP contribution in [-0.2, 0) is 6.42 Å². The van der Waals surface area contributed by atoms with E-state index in [0.717, 1.165) is 5.56 Å². The van der Waals surface area contributed by atoms with Gasteiger partial charge in [-0.15, -0.1) is 5.10 Å². The van der Waals surface area contributed by atoms with Crippen LogP contribution in [0.5, 0.6) is 0 Å². The van der Waals surface area contributed by atoms with Crippen molar-refractivity contribution in [3.8, 4) is 5.69 Å². The van der Waals surface area contributed by atoms with Crippen molar-refractivity contribution in [3.05, 3.63) is 35.2 Å². The van der Waals surface area contributed by atoms with E-state index in [2.05, 4.69) is 15.5 Å². The van der Waals surface area contributed by atoms with E-state index >= 15 is 0 Å². The molecule has 0 saturated heterocycles. The number of nitrogens with zero attached hydrogens (tertiary/aromatic N) is 4. The molecule has 0 unspecified atom stereocenters. The van der Waals surface area contributed by atoms with Gasteiger partial charge in [0.1, 0.15) is 0 Å². The second-order valence-corrected chi connectivity index (χ2v) is 3.67. The quantitative estimate of drug-likeness (QED) is 0.860. The Morgan fingerprint density at radius 1 is 1.47 bits per heavy atom. The van der Waals surface area contributed by atoms with Crippen LogP contribution in [-0.4, -0.2) is 31.3 Å². The number of benzene rings is 1. The number of carbonyl (C=O) groups is 1. The van der Waals surface area contributed by atoms with Gasteiger partial charge in [-0.2, -0.15) is 4.68 Å². The third-order valence-electron chi connectivity index (χ3n) is 2.53. The number of aromatic nitrogens is 4. The second-order valence-electron chi connectivity index (χ2n) is 3.67. The molecular weight excluding hydrogens is 220 g/mol. The van der Waals surface area contributed by atoms with Crippen LogP contribution >= 0.6 is 0 Å². The van der Waals surface area contributed by atoms with Gasteiger partial charge in [-0.1, -0.05) is 13.0 Å². The molecule has 0 amide bonds. The van der Waals surface area contributed by atoms with E-state index in [4.69, 9.17) is 5.11 Å². The van der Waals surface area contributed by atoms with E-state index in [1.165, 1.54) is 0 Å². The van der Waals surface area contributed by atoms with Crippen molar-refractivity contribution in [3.63, 3.8) is 0 Å². The van der Waals surface area contributed by atoms with Crippen molar-refractivity contribution in [2.45, 2.75) is 20.3 Å². The molecule has 0 spiro atoms. The Hall–Kier alpha value is -2.24. The Labute approximate surface area is 97.9 Å². The predicted molar refractivity (Wildman–Crippen MR) is 60.2 cm³/mol. The lowest BCUT2D eigenvalue weighted by Gasteiger charge is -2.07. The van der Waals surface area contributed by atoms with Crippen LogP contribution in [0.2, 0.25) is 0 Å². The van der Waals surface area contributed by atoms with E-state index in [9.17, 15) is 4.79 Å². The second kappa shape index (κ2) is 4.32. The average Bonchev–Trinajstić information content (AvgIpc) is 2.77. The van der Waals surface area contributed by atoms with Crippen molar-refractivity contribution >= 4 is 5.97 Å². The first-order valence-electron chi connectivity index (χ1n) is 5.25. The molecule has 0 atom stereocenters. The standard InChI is InChI=1S/C11H12N4O2/c1-3-10-12-13-14-15(10)9-6-8(11(16)17)5-4-7(9)2/h4-6H,3H2,1-2H3,(H,16,17). The number of aromatic carboxylic acids is 1. The van der Waals surface area contributed by atoms with Gasteiger partial charge in [0.25, 0.3) is 0 Å². The van der Waals surface area contributed by atoms with Gasteiger partial charge < -0.3 is 5.11 Å². The van der Waals surface area contributed by atoms with Gasteiger partial charge in [0.2, 0.25) is 0 Å². The van der Waals surface area contributed by atoms with Gasteiger partial charge in [0.05, 0.1) is 11.3 Å². The van der Waals surface area contributed by atoms with E-state index in [1.807, 2.05) is 13.8 Å². The molecule has 2 rings (SSSR count). The molecule has 1 heterocycles. The lowest BCUT2D eigenvalue weighted by atomic mass is 10.1. The predicted octanol–water partition coefficient (Wildman–Crippen LogP) is 1.23. The molecule has 0 fully saturated rings. The Balaban J connectivity index is 2.58. The summed E-state index contributed by atoms with van der Waals surface area (Å²) in [6.45, 7) is 3.83. The molecule has 0 aliphatic carbocycles. The van der Waals surface area contributed by atoms with Crippen LogP contribution in [0.4, 0.5) is 0 Å². The van der Waals surface area contributed by atoms with Gasteiger partial charge in [-0.05, 0) is 35.0 Å². The van der Waals surface area contributed by atoms with Crippen molar-refractivity contribution in [2.75, 3.05) is 0 Å². The molecule has 2 aromatic rings. The number of hydrogen-bond acceptors (Lipinski definition) is 4. The monoisotopic (exact) mass is 232 g/mol. The van der Waals surface area contributed by atoms with Crippen molar-refractivity contribution in [1.82, 2.24) is 20.2 Å². The molecular formula is C11H12N4O2. The third kappa shape index (κ3) is 2.01. The van der Waals surface area contributed by atoms with Gasteiger partial charge in [-0.3, -0.25) is 0 Å². The van der Waals surface area contributed by atoms with Gasteiger partial charge in [-0.25, -0.2) is 4.79 Å². The number of aryl methyl sites for hydroxylation is 2. The van der Waals surface area contributed by atoms with Crippen LogP contribution in [0.25, 0.3) is 5.69 Å². The summed E-state index contributed by atoms with van der Waals surface area (Å²) in [5, 5.41) is 20.3. The molecule has 1 aromatic carbocycles.